The summed E-state index contributed by atoms with van der Waals surface area (Å²) in [6.07, 6.45) is -3.16. The van der Waals surface area contributed by atoms with Crippen LogP contribution in [0.1, 0.15) is 5.56 Å². The first-order chi connectivity index (χ1) is 9.88. The van der Waals surface area contributed by atoms with Crippen molar-refractivity contribution in [2.75, 3.05) is 16.4 Å². The molecule has 0 aliphatic heterocycles. The highest BCUT2D eigenvalue weighted by Gasteiger charge is 2.33. The summed E-state index contributed by atoms with van der Waals surface area (Å²) in [5.41, 5.74) is 4.50. The summed E-state index contributed by atoms with van der Waals surface area (Å²) in [5, 5.41) is 4.41. The number of pyridine rings is 1. The van der Waals surface area contributed by atoms with E-state index in [2.05, 4.69) is 15.6 Å². The predicted octanol–water partition coefficient (Wildman–Crippen LogP) is 3.33. The fourth-order valence-electron chi connectivity index (χ4n) is 1.62. The zero-order valence-corrected chi connectivity index (χ0v) is 10.6. The number of urea groups is 1. The highest BCUT2D eigenvalue weighted by atomic mass is 19.4. The molecule has 0 saturated heterocycles. The third-order valence-electron chi connectivity index (χ3n) is 2.55. The van der Waals surface area contributed by atoms with Crippen LogP contribution in [0.25, 0.3) is 0 Å². The maximum Gasteiger partial charge on any atom is 0.418 e. The molecule has 4 N–H and O–H groups in total. The number of aromatic nitrogens is 1. The largest absolute Gasteiger partial charge is 0.418 e. The summed E-state index contributed by atoms with van der Waals surface area (Å²) in [6, 6.07) is 6.87. The molecule has 2 rings (SSSR count). The molecule has 0 radical (unpaired) electrons. The monoisotopic (exact) mass is 296 g/mol. The van der Waals surface area contributed by atoms with Crippen molar-refractivity contribution in [2.24, 2.45) is 0 Å². The van der Waals surface area contributed by atoms with Crippen LogP contribution in [0.5, 0.6) is 0 Å². The van der Waals surface area contributed by atoms with Gasteiger partial charge in [0.25, 0.3) is 0 Å². The molecule has 5 nitrogen and oxygen atoms in total. The summed E-state index contributed by atoms with van der Waals surface area (Å²) < 4.78 is 38.4. The molecule has 2 aromatic rings. The number of hydrogen-bond acceptors (Lipinski definition) is 3. The van der Waals surface area contributed by atoms with Crippen molar-refractivity contribution in [1.82, 2.24) is 4.98 Å². The lowest BCUT2D eigenvalue weighted by atomic mass is 10.1. The lowest BCUT2D eigenvalue weighted by Gasteiger charge is -2.14. The minimum atomic E-state index is -4.56. The second-order valence-electron chi connectivity index (χ2n) is 4.06. The van der Waals surface area contributed by atoms with Gasteiger partial charge in [-0.25, -0.2) is 9.78 Å². The standard InChI is InChI=1S/C13H11F3N4O/c14-13(15,16)8-4-1-2-6-10(8)19-12(21)20-11-9(17)5-3-7-18-11/h1-7H,17H2,(H2,18,19,20,21). The first kappa shape index (κ1) is 14.6. The molecule has 0 unspecified atom stereocenters. The van der Waals surface area contributed by atoms with Crippen LogP contribution in [0, 0.1) is 0 Å². The Labute approximate surface area is 118 Å². The molecular weight excluding hydrogens is 285 g/mol. The van der Waals surface area contributed by atoms with E-state index in [9.17, 15) is 18.0 Å². The topological polar surface area (TPSA) is 80.0 Å². The number of halogens is 3. The van der Waals surface area contributed by atoms with Crippen LogP contribution in [-0.2, 0) is 6.18 Å². The van der Waals surface area contributed by atoms with Crippen LogP contribution >= 0.6 is 0 Å². The lowest BCUT2D eigenvalue weighted by Crippen LogP contribution is -2.22. The molecule has 0 atom stereocenters. The number of amides is 2. The molecular formula is C13H11F3N4O. The second kappa shape index (κ2) is 5.70. The lowest BCUT2D eigenvalue weighted by molar-refractivity contribution is -0.136. The predicted molar refractivity (Wildman–Crippen MR) is 72.7 cm³/mol. The van der Waals surface area contributed by atoms with Crippen molar-refractivity contribution >= 4 is 23.2 Å². The van der Waals surface area contributed by atoms with Crippen molar-refractivity contribution in [3.05, 3.63) is 48.2 Å². The van der Waals surface area contributed by atoms with Crippen LogP contribution in [0.4, 0.5) is 35.2 Å². The number of rotatable bonds is 2. The smallest absolute Gasteiger partial charge is 0.396 e. The van der Waals surface area contributed by atoms with E-state index in [4.69, 9.17) is 5.73 Å². The molecule has 2 amide bonds. The molecule has 110 valence electrons. The number of para-hydroxylation sites is 1. The van der Waals surface area contributed by atoms with E-state index in [0.29, 0.717) is 0 Å². The van der Waals surface area contributed by atoms with Gasteiger partial charge in [-0.15, -0.1) is 0 Å². The van der Waals surface area contributed by atoms with E-state index < -0.39 is 17.8 Å². The van der Waals surface area contributed by atoms with Crippen LogP contribution in [-0.4, -0.2) is 11.0 Å². The molecule has 0 aliphatic rings. The Bertz CT molecular complexity index is 658. The minimum absolute atomic E-state index is 0.0690. The van der Waals surface area contributed by atoms with Crippen LogP contribution < -0.4 is 16.4 Å². The van der Waals surface area contributed by atoms with Gasteiger partial charge < -0.3 is 11.1 Å². The zero-order chi connectivity index (χ0) is 15.5. The van der Waals surface area contributed by atoms with Crippen LogP contribution in [0.15, 0.2) is 42.6 Å². The van der Waals surface area contributed by atoms with E-state index in [1.54, 1.807) is 6.07 Å². The van der Waals surface area contributed by atoms with Gasteiger partial charge in [-0.05, 0) is 24.3 Å². The quantitative estimate of drug-likeness (QED) is 0.795. The van der Waals surface area contributed by atoms with Crippen molar-refractivity contribution in [1.29, 1.82) is 0 Å². The number of carbonyl (C=O) groups excluding carboxylic acids is 1. The molecule has 1 aromatic carbocycles. The first-order valence-corrected chi connectivity index (χ1v) is 5.82. The Hall–Kier alpha value is -2.77. The number of nitrogens with one attached hydrogen (secondary N) is 2. The Morgan fingerprint density at radius 1 is 1.10 bits per heavy atom. The van der Waals surface area contributed by atoms with Crippen LogP contribution in [0.2, 0.25) is 0 Å². The van der Waals surface area contributed by atoms with Gasteiger partial charge in [0.05, 0.1) is 16.9 Å². The third kappa shape index (κ3) is 3.62. The second-order valence-corrected chi connectivity index (χ2v) is 4.06. The molecule has 0 aliphatic carbocycles. The van der Waals surface area contributed by atoms with E-state index in [-0.39, 0.29) is 17.2 Å². The normalized spacial score (nSPS) is 11.0. The Morgan fingerprint density at radius 3 is 2.48 bits per heavy atom. The Morgan fingerprint density at radius 2 is 1.81 bits per heavy atom. The molecule has 8 heteroatoms. The van der Waals surface area contributed by atoms with Gasteiger partial charge in [0.15, 0.2) is 5.82 Å². The molecule has 0 fully saturated rings. The van der Waals surface area contributed by atoms with Crippen molar-refractivity contribution < 1.29 is 18.0 Å². The molecule has 0 bridgehead atoms. The summed E-state index contributed by atoms with van der Waals surface area (Å²) >= 11 is 0. The summed E-state index contributed by atoms with van der Waals surface area (Å²) in [6.45, 7) is 0. The van der Waals surface area contributed by atoms with Gasteiger partial charge in [0.2, 0.25) is 0 Å². The van der Waals surface area contributed by atoms with Gasteiger partial charge in [0, 0.05) is 6.20 Å². The van der Waals surface area contributed by atoms with E-state index >= 15 is 0 Å². The highest BCUT2D eigenvalue weighted by molar-refractivity contribution is 6.01. The third-order valence-corrected chi connectivity index (χ3v) is 2.55. The number of nitrogens with two attached hydrogens (primary N) is 1. The number of benzene rings is 1. The van der Waals surface area contributed by atoms with Crippen molar-refractivity contribution in [2.45, 2.75) is 6.18 Å². The maximum absolute atomic E-state index is 12.8. The number of carbonyl (C=O) groups is 1. The Balaban J connectivity index is 2.16. The summed E-state index contributed by atoms with van der Waals surface area (Å²) in [7, 11) is 0. The highest BCUT2D eigenvalue weighted by Crippen LogP contribution is 2.34. The van der Waals surface area contributed by atoms with Crippen molar-refractivity contribution in [3.8, 4) is 0 Å². The number of nitrogen functional groups attached to an aromatic ring is 1. The van der Waals surface area contributed by atoms with Gasteiger partial charge in [-0.2, -0.15) is 13.2 Å². The van der Waals surface area contributed by atoms with E-state index in [1.807, 2.05) is 0 Å². The van der Waals surface area contributed by atoms with E-state index in [1.165, 1.54) is 24.4 Å². The molecule has 21 heavy (non-hydrogen) atoms. The average molecular weight is 296 g/mol. The van der Waals surface area contributed by atoms with Crippen molar-refractivity contribution in [3.63, 3.8) is 0 Å². The van der Waals surface area contributed by atoms with Gasteiger partial charge >= 0.3 is 12.2 Å². The van der Waals surface area contributed by atoms with Gasteiger partial charge in [0.1, 0.15) is 0 Å². The molecule has 0 spiro atoms. The fourth-order valence-corrected chi connectivity index (χ4v) is 1.62. The number of anilines is 3. The summed E-state index contributed by atoms with van der Waals surface area (Å²) in [4.78, 5) is 15.5. The Kier molecular flexibility index (Phi) is 3.97. The summed E-state index contributed by atoms with van der Waals surface area (Å²) in [5.74, 6) is 0.0690. The van der Waals surface area contributed by atoms with E-state index in [0.717, 1.165) is 12.1 Å². The SMILES string of the molecule is Nc1cccnc1NC(=O)Nc1ccccc1C(F)(F)F. The first-order valence-electron chi connectivity index (χ1n) is 5.82. The minimum Gasteiger partial charge on any atom is -0.396 e. The number of nitrogens with zero attached hydrogens (tertiary/aromatic N) is 1. The van der Waals surface area contributed by atoms with Crippen LogP contribution in [0.3, 0.4) is 0 Å². The molecule has 0 saturated carbocycles. The zero-order valence-electron chi connectivity index (χ0n) is 10.6. The average Bonchev–Trinajstić information content (AvgIpc) is 2.41. The molecule has 1 aromatic heterocycles. The molecule has 1 heterocycles. The van der Waals surface area contributed by atoms with Gasteiger partial charge in [-0.3, -0.25) is 5.32 Å². The fraction of sp³-hybridized carbons (Fsp3) is 0.0769. The van der Waals surface area contributed by atoms with Gasteiger partial charge in [-0.1, -0.05) is 12.1 Å². The number of alkyl halides is 3. The maximum atomic E-state index is 12.8. The number of hydrogen-bond donors (Lipinski definition) is 3.